The molecule has 1 amide bonds. The van der Waals surface area contributed by atoms with Crippen molar-refractivity contribution >= 4 is 34.3 Å². The number of esters is 1. The Balaban J connectivity index is 1.62. The number of aliphatic hydroxyl groups excluding tert-OH is 1. The largest absolute Gasteiger partial charge is 0.450 e. The van der Waals surface area contributed by atoms with Crippen LogP contribution in [0.25, 0.3) is 10.9 Å². The predicted octanol–water partition coefficient (Wildman–Crippen LogP) is 4.16. The minimum absolute atomic E-state index is 0.0471. The summed E-state index contributed by atoms with van der Waals surface area (Å²) in [7, 11) is 0. The number of carbonyl (C=O) groups excluding carboxylic acids is 4. The minimum atomic E-state index is -1.67. The van der Waals surface area contributed by atoms with Crippen molar-refractivity contribution in [2.24, 2.45) is 29.1 Å². The van der Waals surface area contributed by atoms with Gasteiger partial charge in [0.25, 0.3) is 0 Å². The van der Waals surface area contributed by atoms with E-state index in [1.807, 2.05) is 56.5 Å². The average Bonchev–Trinajstić information content (AvgIpc) is 3.49. The van der Waals surface area contributed by atoms with Crippen molar-refractivity contribution < 1.29 is 29.0 Å². The molecule has 1 saturated carbocycles. The first-order chi connectivity index (χ1) is 20.0. The second-order valence-electron chi connectivity index (χ2n) is 12.0. The number of nitrogens with one attached hydrogen (secondary N) is 2. The maximum Gasteiger partial charge on any atom is 0.303 e. The topological polar surface area (TPSA) is 126 Å². The van der Waals surface area contributed by atoms with Crippen LogP contribution in [0.15, 0.2) is 78.6 Å². The summed E-state index contributed by atoms with van der Waals surface area (Å²) in [5.74, 6) is -4.07. The molecule has 2 heterocycles. The van der Waals surface area contributed by atoms with E-state index >= 15 is 0 Å². The number of H-pyrrole nitrogens is 1. The molecule has 2 aliphatic carbocycles. The third kappa shape index (κ3) is 4.87. The number of fused-ring (bicyclic) bond motifs is 1. The fraction of sp³-hybridized carbons (Fsp3) is 0.412. The maximum atomic E-state index is 14.3. The van der Waals surface area contributed by atoms with Gasteiger partial charge in [-0.1, -0.05) is 56.9 Å². The highest BCUT2D eigenvalue weighted by Crippen LogP contribution is 2.56. The highest BCUT2D eigenvalue weighted by molar-refractivity contribution is 6.15. The van der Waals surface area contributed by atoms with Crippen LogP contribution in [0.5, 0.6) is 0 Å². The van der Waals surface area contributed by atoms with Gasteiger partial charge in [-0.3, -0.25) is 19.2 Å². The molecule has 8 atom stereocenters. The summed E-state index contributed by atoms with van der Waals surface area (Å²) in [5.41, 5.74) is 1.44. The molecule has 8 nitrogen and oxygen atoms in total. The van der Waals surface area contributed by atoms with Crippen LogP contribution in [0.3, 0.4) is 0 Å². The van der Waals surface area contributed by atoms with Gasteiger partial charge in [0.15, 0.2) is 11.9 Å². The van der Waals surface area contributed by atoms with Crippen molar-refractivity contribution in [2.45, 2.75) is 58.8 Å². The van der Waals surface area contributed by atoms with Gasteiger partial charge in [-0.15, -0.1) is 0 Å². The third-order valence-corrected chi connectivity index (χ3v) is 9.30. The Morgan fingerprint density at radius 1 is 1.17 bits per heavy atom. The van der Waals surface area contributed by atoms with E-state index in [4.69, 9.17) is 4.74 Å². The van der Waals surface area contributed by atoms with E-state index in [2.05, 4.69) is 16.9 Å². The SMILES string of the molecule is C=C1[C@@H](C)[C@H]2[C@H](Cc3c[nH]c4ccccc34)NC(=O)[C@]23C(=O)/C=C\C(=O)[C@H](OC(C)=O)/C(C)=C\[C@@H](C)C/C=C\[C@H]3[C@@H]1O. The lowest BCUT2D eigenvalue weighted by atomic mass is 9.52. The van der Waals surface area contributed by atoms with Crippen molar-refractivity contribution in [3.05, 3.63) is 84.1 Å². The van der Waals surface area contributed by atoms with Gasteiger partial charge < -0.3 is 20.1 Å². The molecule has 0 bridgehead atoms. The molecule has 1 aliphatic heterocycles. The summed E-state index contributed by atoms with van der Waals surface area (Å²) in [6.45, 7) is 11.0. The number of aliphatic hydroxyl groups is 1. The lowest BCUT2D eigenvalue weighted by Gasteiger charge is -2.48. The number of ketones is 2. The molecule has 2 fully saturated rings. The molecule has 5 rings (SSSR count). The molecular formula is C34H38N2O6. The molecule has 42 heavy (non-hydrogen) atoms. The van der Waals surface area contributed by atoms with Crippen molar-refractivity contribution in [3.63, 3.8) is 0 Å². The lowest BCUT2D eigenvalue weighted by Crippen LogP contribution is -2.58. The molecule has 3 N–H and O–H groups in total. The van der Waals surface area contributed by atoms with Gasteiger partial charge in [0.1, 0.15) is 5.41 Å². The number of allylic oxidation sites excluding steroid dienone is 3. The van der Waals surface area contributed by atoms with E-state index in [0.29, 0.717) is 24.0 Å². The molecule has 2 aromatic rings. The van der Waals surface area contributed by atoms with Crippen LogP contribution in [0.4, 0.5) is 0 Å². The summed E-state index contributed by atoms with van der Waals surface area (Å²) in [6.07, 6.45) is 8.34. The van der Waals surface area contributed by atoms with Gasteiger partial charge in [-0.25, -0.2) is 0 Å². The van der Waals surface area contributed by atoms with Gasteiger partial charge in [0.2, 0.25) is 11.7 Å². The van der Waals surface area contributed by atoms with Gasteiger partial charge in [0.05, 0.1) is 6.10 Å². The van der Waals surface area contributed by atoms with E-state index in [0.717, 1.165) is 28.6 Å². The summed E-state index contributed by atoms with van der Waals surface area (Å²) in [5, 5.41) is 15.7. The van der Waals surface area contributed by atoms with E-state index < -0.39 is 58.9 Å². The van der Waals surface area contributed by atoms with Crippen LogP contribution in [0, 0.1) is 29.1 Å². The molecule has 1 spiro atoms. The second-order valence-corrected chi connectivity index (χ2v) is 12.0. The maximum absolute atomic E-state index is 14.3. The monoisotopic (exact) mass is 570 g/mol. The average molecular weight is 571 g/mol. The highest BCUT2D eigenvalue weighted by Gasteiger charge is 2.68. The van der Waals surface area contributed by atoms with Crippen LogP contribution in [-0.4, -0.2) is 51.8 Å². The van der Waals surface area contributed by atoms with Crippen molar-refractivity contribution in [1.82, 2.24) is 10.3 Å². The van der Waals surface area contributed by atoms with E-state index in [1.165, 1.54) is 6.92 Å². The van der Waals surface area contributed by atoms with E-state index in [9.17, 15) is 24.3 Å². The zero-order valence-corrected chi connectivity index (χ0v) is 24.4. The van der Waals surface area contributed by atoms with Crippen LogP contribution in [0.2, 0.25) is 0 Å². The van der Waals surface area contributed by atoms with E-state index in [1.54, 1.807) is 13.0 Å². The quantitative estimate of drug-likeness (QED) is 0.289. The number of ether oxygens (including phenoxy) is 1. The van der Waals surface area contributed by atoms with Gasteiger partial charge in [-0.05, 0) is 66.5 Å². The number of amides is 1. The Hall–Kier alpha value is -4.04. The summed E-state index contributed by atoms with van der Waals surface area (Å²) in [6, 6.07) is 7.48. The van der Waals surface area contributed by atoms with Gasteiger partial charge in [-0.2, -0.15) is 0 Å². The lowest BCUT2D eigenvalue weighted by molar-refractivity contribution is -0.149. The summed E-state index contributed by atoms with van der Waals surface area (Å²) < 4.78 is 5.34. The number of aromatic nitrogens is 1. The molecule has 1 aromatic heterocycles. The van der Waals surface area contributed by atoms with Crippen LogP contribution >= 0.6 is 0 Å². The molecular weight excluding hydrogens is 532 g/mol. The van der Waals surface area contributed by atoms with Crippen LogP contribution < -0.4 is 5.32 Å². The Labute approximate surface area is 245 Å². The number of carbonyl (C=O) groups is 4. The molecule has 1 aromatic carbocycles. The fourth-order valence-electron chi connectivity index (χ4n) is 7.32. The second kappa shape index (κ2) is 11.3. The number of para-hydroxylation sites is 1. The van der Waals surface area contributed by atoms with Crippen LogP contribution in [0.1, 0.15) is 39.7 Å². The number of benzene rings is 1. The summed E-state index contributed by atoms with van der Waals surface area (Å²) >= 11 is 0. The Bertz CT molecular complexity index is 1550. The first kappa shape index (κ1) is 29.5. The van der Waals surface area contributed by atoms with Crippen molar-refractivity contribution in [3.8, 4) is 0 Å². The minimum Gasteiger partial charge on any atom is -0.450 e. The zero-order valence-electron chi connectivity index (χ0n) is 24.4. The predicted molar refractivity (Wildman–Crippen MR) is 159 cm³/mol. The van der Waals surface area contributed by atoms with Gasteiger partial charge >= 0.3 is 5.97 Å². The molecule has 3 aliphatic rings. The summed E-state index contributed by atoms with van der Waals surface area (Å²) in [4.78, 5) is 56.9. The van der Waals surface area contributed by atoms with Crippen molar-refractivity contribution in [2.75, 3.05) is 0 Å². The number of hydrogen-bond acceptors (Lipinski definition) is 6. The van der Waals surface area contributed by atoms with Gasteiger partial charge in [0, 0.05) is 41.9 Å². The van der Waals surface area contributed by atoms with Crippen molar-refractivity contribution in [1.29, 1.82) is 0 Å². The molecule has 220 valence electrons. The molecule has 1 saturated heterocycles. The highest BCUT2D eigenvalue weighted by atomic mass is 16.5. The molecule has 0 radical (unpaired) electrons. The molecule has 8 heteroatoms. The van der Waals surface area contributed by atoms with Crippen LogP contribution in [-0.2, 0) is 30.3 Å². The Kier molecular flexibility index (Phi) is 7.94. The first-order valence-corrected chi connectivity index (χ1v) is 14.5. The normalized spacial score (nSPS) is 36.4. The smallest absolute Gasteiger partial charge is 0.303 e. The Morgan fingerprint density at radius 2 is 1.90 bits per heavy atom. The number of aromatic amines is 1. The number of hydrogen-bond donors (Lipinski definition) is 3. The standard InChI is InChI=1S/C34H38N2O6/c1-18-9-8-11-25-31(40)21(4)20(3)30-27(16-23-17-35-26-12-7-6-10-24(23)26)36-33(41)34(25,30)29(39)14-13-28(38)32(19(2)15-18)42-22(5)37/h6-8,10-15,17-18,20,25,27,30-32,35,40H,4,9,16H2,1-3,5H3,(H,36,41)/b11-8-,14-13-,19-15-/t18-,20+,25-,27-,30-,31+,32+,34+/m0/s1. The number of rotatable bonds is 3. The zero-order chi connectivity index (χ0) is 30.3. The van der Waals surface area contributed by atoms with E-state index in [-0.39, 0.29) is 11.8 Å². The fourth-order valence-corrected chi connectivity index (χ4v) is 7.32. The first-order valence-electron chi connectivity index (χ1n) is 14.5. The third-order valence-electron chi connectivity index (χ3n) is 9.30. The molecule has 0 unspecified atom stereocenters. The Morgan fingerprint density at radius 3 is 2.64 bits per heavy atom.